The van der Waals surface area contributed by atoms with E-state index in [0.717, 1.165) is 19.4 Å². The number of carboxylic acid groups (broad SMARTS) is 1. The molecule has 1 aromatic heterocycles. The molecule has 0 saturated carbocycles. The van der Waals surface area contributed by atoms with Crippen molar-refractivity contribution < 1.29 is 14.7 Å². The average Bonchev–Trinajstić information content (AvgIpc) is 2.40. The zero-order valence-electron chi connectivity index (χ0n) is 9.85. The van der Waals surface area contributed by atoms with E-state index in [1.54, 1.807) is 6.07 Å². The predicted octanol–water partition coefficient (Wildman–Crippen LogP) is 0.718. The van der Waals surface area contributed by atoms with Crippen molar-refractivity contribution in [3.63, 3.8) is 0 Å². The lowest BCUT2D eigenvalue weighted by Gasteiger charge is -2.21. The second kappa shape index (κ2) is 5.59. The molecule has 0 bridgehead atoms. The summed E-state index contributed by atoms with van der Waals surface area (Å²) in [5, 5.41) is 14.6. The van der Waals surface area contributed by atoms with Gasteiger partial charge >= 0.3 is 5.97 Å². The number of carbonyl (C=O) groups is 2. The monoisotopic (exact) mass is 249 g/mol. The second-order valence-corrected chi connectivity index (χ2v) is 4.27. The lowest BCUT2D eigenvalue weighted by atomic mass is 9.99. The Kier molecular flexibility index (Phi) is 3.88. The molecule has 0 unspecified atom stereocenters. The standard InChI is InChI=1S/C12H15N3O3/c16-11(8-2-1-5-13-6-8)15-9-3-4-10(12(17)18)14-7-9/h3-4,7-8,13H,1-2,5-6H2,(H,15,16)(H,17,18)/t8-/m1/s1. The number of amides is 1. The summed E-state index contributed by atoms with van der Waals surface area (Å²) in [5.74, 6) is -1.16. The summed E-state index contributed by atoms with van der Waals surface area (Å²) < 4.78 is 0. The largest absolute Gasteiger partial charge is 0.477 e. The lowest BCUT2D eigenvalue weighted by molar-refractivity contribution is -0.120. The molecule has 18 heavy (non-hydrogen) atoms. The molecule has 1 aliphatic rings. The first-order valence-corrected chi connectivity index (χ1v) is 5.88. The van der Waals surface area contributed by atoms with Crippen molar-refractivity contribution in [2.24, 2.45) is 5.92 Å². The minimum atomic E-state index is -1.08. The Morgan fingerprint density at radius 2 is 2.28 bits per heavy atom. The molecule has 2 rings (SSSR count). The number of hydrogen-bond acceptors (Lipinski definition) is 4. The Hall–Kier alpha value is -1.95. The normalized spacial score (nSPS) is 19.2. The molecule has 6 heteroatoms. The van der Waals surface area contributed by atoms with Gasteiger partial charge in [0.15, 0.2) is 0 Å². The molecule has 0 aliphatic carbocycles. The minimum absolute atomic E-state index is 0.0297. The van der Waals surface area contributed by atoms with Crippen molar-refractivity contribution in [3.8, 4) is 0 Å². The number of aromatic nitrogens is 1. The van der Waals surface area contributed by atoms with Gasteiger partial charge < -0.3 is 15.7 Å². The second-order valence-electron chi connectivity index (χ2n) is 4.27. The smallest absolute Gasteiger partial charge is 0.354 e. The van der Waals surface area contributed by atoms with E-state index in [-0.39, 0.29) is 17.5 Å². The zero-order valence-corrected chi connectivity index (χ0v) is 9.85. The van der Waals surface area contributed by atoms with Crippen LogP contribution in [0.4, 0.5) is 5.69 Å². The van der Waals surface area contributed by atoms with E-state index in [9.17, 15) is 9.59 Å². The molecule has 1 aliphatic heterocycles. The average molecular weight is 249 g/mol. The fourth-order valence-corrected chi connectivity index (χ4v) is 1.91. The van der Waals surface area contributed by atoms with E-state index >= 15 is 0 Å². The maximum Gasteiger partial charge on any atom is 0.354 e. The summed E-state index contributed by atoms with van der Waals surface area (Å²) in [4.78, 5) is 26.3. The third-order valence-electron chi connectivity index (χ3n) is 2.92. The van der Waals surface area contributed by atoms with Gasteiger partial charge in [-0.3, -0.25) is 4.79 Å². The molecular formula is C12H15N3O3. The summed E-state index contributed by atoms with van der Waals surface area (Å²) in [6, 6.07) is 2.92. The molecule has 0 aromatic carbocycles. The Morgan fingerprint density at radius 1 is 1.44 bits per heavy atom. The van der Waals surface area contributed by atoms with Crippen molar-refractivity contribution >= 4 is 17.6 Å². The summed E-state index contributed by atoms with van der Waals surface area (Å²) in [7, 11) is 0. The van der Waals surface area contributed by atoms with Crippen LogP contribution in [-0.2, 0) is 4.79 Å². The molecule has 0 radical (unpaired) electrons. The van der Waals surface area contributed by atoms with Gasteiger partial charge in [0.25, 0.3) is 0 Å². The SMILES string of the molecule is O=C(O)c1ccc(NC(=O)[C@@H]2CCCNC2)cn1. The van der Waals surface area contributed by atoms with Crippen LogP contribution in [0.2, 0.25) is 0 Å². The third kappa shape index (κ3) is 3.04. The number of anilines is 1. The van der Waals surface area contributed by atoms with Gasteiger partial charge in [0, 0.05) is 6.54 Å². The molecule has 1 aromatic rings. The number of nitrogens with one attached hydrogen (secondary N) is 2. The van der Waals surface area contributed by atoms with Crippen molar-refractivity contribution in [1.29, 1.82) is 0 Å². The van der Waals surface area contributed by atoms with E-state index in [1.807, 2.05) is 0 Å². The molecular weight excluding hydrogens is 234 g/mol. The zero-order chi connectivity index (χ0) is 13.0. The van der Waals surface area contributed by atoms with E-state index in [2.05, 4.69) is 15.6 Å². The van der Waals surface area contributed by atoms with Crippen molar-refractivity contribution in [2.75, 3.05) is 18.4 Å². The molecule has 3 N–H and O–H groups in total. The summed E-state index contributed by atoms with van der Waals surface area (Å²) in [5.41, 5.74) is 0.489. The molecule has 1 fully saturated rings. The van der Waals surface area contributed by atoms with Gasteiger partial charge in [0.05, 0.1) is 17.8 Å². The molecule has 1 saturated heterocycles. The van der Waals surface area contributed by atoms with Gasteiger partial charge in [-0.15, -0.1) is 0 Å². The van der Waals surface area contributed by atoms with Crippen LogP contribution in [0.15, 0.2) is 18.3 Å². The number of carboxylic acids is 1. The first-order chi connectivity index (χ1) is 8.66. The number of nitrogens with zero attached hydrogens (tertiary/aromatic N) is 1. The van der Waals surface area contributed by atoms with Crippen LogP contribution in [-0.4, -0.2) is 35.1 Å². The van der Waals surface area contributed by atoms with Crippen molar-refractivity contribution in [2.45, 2.75) is 12.8 Å². The molecule has 1 amide bonds. The van der Waals surface area contributed by atoms with E-state index in [4.69, 9.17) is 5.11 Å². The fraction of sp³-hybridized carbons (Fsp3) is 0.417. The number of aromatic carboxylic acids is 1. The van der Waals surface area contributed by atoms with Gasteiger partial charge in [-0.2, -0.15) is 0 Å². The van der Waals surface area contributed by atoms with Gasteiger partial charge in [-0.1, -0.05) is 0 Å². The van der Waals surface area contributed by atoms with Crippen LogP contribution in [0.25, 0.3) is 0 Å². The topological polar surface area (TPSA) is 91.3 Å². The first kappa shape index (κ1) is 12.5. The maximum absolute atomic E-state index is 11.9. The van der Waals surface area contributed by atoms with Crippen molar-refractivity contribution in [3.05, 3.63) is 24.0 Å². The van der Waals surface area contributed by atoms with Gasteiger partial charge in [-0.25, -0.2) is 9.78 Å². The third-order valence-corrected chi connectivity index (χ3v) is 2.92. The van der Waals surface area contributed by atoms with Crippen LogP contribution in [0.3, 0.4) is 0 Å². The molecule has 6 nitrogen and oxygen atoms in total. The van der Waals surface area contributed by atoms with Crippen LogP contribution in [0.5, 0.6) is 0 Å². The highest BCUT2D eigenvalue weighted by Gasteiger charge is 2.20. The Balaban J connectivity index is 1.96. The Morgan fingerprint density at radius 3 is 2.83 bits per heavy atom. The van der Waals surface area contributed by atoms with Crippen molar-refractivity contribution in [1.82, 2.24) is 10.3 Å². The highest BCUT2D eigenvalue weighted by atomic mass is 16.4. The number of pyridine rings is 1. The number of hydrogen-bond donors (Lipinski definition) is 3. The molecule has 2 heterocycles. The molecule has 0 spiro atoms. The minimum Gasteiger partial charge on any atom is -0.477 e. The Labute approximate surface area is 104 Å². The summed E-state index contributed by atoms with van der Waals surface area (Å²) in [6.07, 6.45) is 3.23. The quantitative estimate of drug-likeness (QED) is 0.734. The molecule has 96 valence electrons. The van der Waals surface area contributed by atoms with E-state index in [1.165, 1.54) is 12.3 Å². The highest BCUT2D eigenvalue weighted by Crippen LogP contribution is 2.13. The summed E-state index contributed by atoms with van der Waals surface area (Å²) >= 11 is 0. The maximum atomic E-state index is 11.9. The van der Waals surface area contributed by atoms with Crippen LogP contribution in [0.1, 0.15) is 23.3 Å². The number of rotatable bonds is 3. The van der Waals surface area contributed by atoms with E-state index < -0.39 is 5.97 Å². The van der Waals surface area contributed by atoms with E-state index in [0.29, 0.717) is 12.2 Å². The Bertz CT molecular complexity index is 438. The summed E-state index contributed by atoms with van der Waals surface area (Å²) in [6.45, 7) is 1.64. The predicted molar refractivity (Wildman–Crippen MR) is 65.4 cm³/mol. The van der Waals surface area contributed by atoms with Crippen LogP contribution < -0.4 is 10.6 Å². The first-order valence-electron chi connectivity index (χ1n) is 5.88. The fourth-order valence-electron chi connectivity index (χ4n) is 1.91. The van der Waals surface area contributed by atoms with Gasteiger partial charge in [0.2, 0.25) is 5.91 Å². The van der Waals surface area contributed by atoms with Crippen LogP contribution >= 0.6 is 0 Å². The van der Waals surface area contributed by atoms with Crippen LogP contribution in [0, 0.1) is 5.92 Å². The number of carbonyl (C=O) groups excluding carboxylic acids is 1. The number of piperidine rings is 1. The lowest BCUT2D eigenvalue weighted by Crippen LogP contribution is -2.37. The molecule has 1 atom stereocenters. The van der Waals surface area contributed by atoms with Gasteiger partial charge in [0.1, 0.15) is 5.69 Å². The van der Waals surface area contributed by atoms with Gasteiger partial charge in [-0.05, 0) is 31.5 Å². The highest BCUT2D eigenvalue weighted by molar-refractivity contribution is 5.93.